The van der Waals surface area contributed by atoms with Crippen LogP contribution in [0.15, 0.2) is 12.1 Å². The van der Waals surface area contributed by atoms with Crippen LogP contribution in [0.3, 0.4) is 0 Å². The molecule has 0 aliphatic heterocycles. The average Bonchev–Trinajstić information content (AvgIpc) is 2.69. The van der Waals surface area contributed by atoms with Crippen LogP contribution in [0.2, 0.25) is 0 Å². The van der Waals surface area contributed by atoms with Crippen LogP contribution in [0.25, 0.3) is 0 Å². The van der Waals surface area contributed by atoms with Gasteiger partial charge in [0.1, 0.15) is 0 Å². The predicted octanol–water partition coefficient (Wildman–Crippen LogP) is 7.19. The molecule has 162 valence electrons. The molecular weight excluding hydrogens is 365 g/mol. The lowest BCUT2D eigenvalue weighted by Crippen LogP contribution is -2.39. The molecule has 5 heteroatoms. The van der Waals surface area contributed by atoms with Gasteiger partial charge in [0, 0.05) is 20.1 Å². The Kier molecular flexibility index (Phi) is 11.8. The van der Waals surface area contributed by atoms with Gasteiger partial charge in [-0.15, -0.1) is 0 Å². The lowest BCUT2D eigenvalue weighted by molar-refractivity contribution is -0.230. The minimum absolute atomic E-state index is 0.260. The fourth-order valence-electron chi connectivity index (χ4n) is 3.73. The summed E-state index contributed by atoms with van der Waals surface area (Å²) in [5.41, 5.74) is 0.491. The van der Waals surface area contributed by atoms with Crippen molar-refractivity contribution in [3.8, 4) is 0 Å². The summed E-state index contributed by atoms with van der Waals surface area (Å²) in [5.74, 6) is -4.02. The van der Waals surface area contributed by atoms with E-state index in [1.807, 2.05) is 6.92 Å². The summed E-state index contributed by atoms with van der Waals surface area (Å²) in [5, 5.41) is 0. The molecule has 1 rings (SSSR count). The summed E-state index contributed by atoms with van der Waals surface area (Å²) in [6, 6.07) is 2.17. The first kappa shape index (κ1) is 25.0. The summed E-state index contributed by atoms with van der Waals surface area (Å²) in [6.45, 7) is 4.19. The normalized spacial score (nSPS) is 13.1. The zero-order valence-corrected chi connectivity index (χ0v) is 18.0. The topological polar surface area (TPSA) is 18.5 Å². The lowest BCUT2D eigenvalue weighted by Gasteiger charge is -2.35. The van der Waals surface area contributed by atoms with E-state index in [1.54, 1.807) is 14.2 Å². The van der Waals surface area contributed by atoms with Crippen molar-refractivity contribution in [3.63, 3.8) is 0 Å². The first-order chi connectivity index (χ1) is 13.4. The van der Waals surface area contributed by atoms with Gasteiger partial charge in [-0.2, -0.15) is 0 Å². The van der Waals surface area contributed by atoms with E-state index in [0.717, 1.165) is 44.2 Å². The van der Waals surface area contributed by atoms with E-state index in [0.29, 0.717) is 12.0 Å². The van der Waals surface area contributed by atoms with Crippen LogP contribution in [-0.2, 0) is 15.9 Å². The Hall–Kier alpha value is -1.07. The number of hydrogen-bond acceptors (Lipinski definition) is 2. The van der Waals surface area contributed by atoms with Gasteiger partial charge >= 0.3 is 0 Å². The molecule has 0 amide bonds. The van der Waals surface area contributed by atoms with Gasteiger partial charge in [0.25, 0.3) is 0 Å². The fraction of sp³-hybridized carbons (Fsp3) is 0.739. The van der Waals surface area contributed by atoms with Crippen LogP contribution >= 0.6 is 0 Å². The third-order valence-corrected chi connectivity index (χ3v) is 5.77. The molecule has 0 fully saturated rings. The van der Waals surface area contributed by atoms with Gasteiger partial charge in [-0.1, -0.05) is 51.9 Å². The molecule has 28 heavy (non-hydrogen) atoms. The van der Waals surface area contributed by atoms with Crippen LogP contribution in [0.4, 0.5) is 13.2 Å². The molecule has 0 aliphatic carbocycles. The Morgan fingerprint density at radius 2 is 1.32 bits per heavy atom. The number of halogens is 3. The monoisotopic (exact) mass is 402 g/mol. The van der Waals surface area contributed by atoms with Crippen molar-refractivity contribution < 1.29 is 22.6 Å². The van der Waals surface area contributed by atoms with Crippen molar-refractivity contribution in [2.75, 3.05) is 14.2 Å². The average molecular weight is 403 g/mol. The molecule has 0 N–H and O–H groups in total. The quantitative estimate of drug-likeness (QED) is 0.176. The Morgan fingerprint density at radius 1 is 0.821 bits per heavy atom. The zero-order valence-electron chi connectivity index (χ0n) is 18.0. The van der Waals surface area contributed by atoms with E-state index >= 15 is 0 Å². The molecule has 0 bridgehead atoms. The highest BCUT2D eigenvalue weighted by atomic mass is 19.2. The number of rotatable bonds is 15. The van der Waals surface area contributed by atoms with Crippen LogP contribution in [0.5, 0.6) is 0 Å². The predicted molar refractivity (Wildman–Crippen MR) is 108 cm³/mol. The second-order valence-electron chi connectivity index (χ2n) is 7.80. The molecule has 0 saturated heterocycles. The number of methoxy groups -OCH3 is 2. The molecule has 0 saturated carbocycles. The molecule has 1 atom stereocenters. The minimum atomic E-state index is -1.40. The Labute approximate surface area is 168 Å². The van der Waals surface area contributed by atoms with E-state index in [-0.39, 0.29) is 5.92 Å². The van der Waals surface area contributed by atoms with E-state index in [4.69, 9.17) is 9.47 Å². The van der Waals surface area contributed by atoms with Crippen LogP contribution < -0.4 is 0 Å². The summed E-state index contributed by atoms with van der Waals surface area (Å²) < 4.78 is 51.0. The van der Waals surface area contributed by atoms with E-state index < -0.39 is 23.2 Å². The van der Waals surface area contributed by atoms with Crippen LogP contribution in [0.1, 0.15) is 83.6 Å². The van der Waals surface area contributed by atoms with Crippen molar-refractivity contribution in [1.29, 1.82) is 0 Å². The minimum Gasteiger partial charge on any atom is -0.353 e. The summed E-state index contributed by atoms with van der Waals surface area (Å²) >= 11 is 0. The second kappa shape index (κ2) is 13.2. The largest absolute Gasteiger partial charge is 0.353 e. The van der Waals surface area contributed by atoms with E-state index in [1.165, 1.54) is 32.1 Å². The highest BCUT2D eigenvalue weighted by Gasteiger charge is 2.33. The van der Waals surface area contributed by atoms with Crippen molar-refractivity contribution in [1.82, 2.24) is 0 Å². The summed E-state index contributed by atoms with van der Waals surface area (Å²) in [4.78, 5) is 0. The van der Waals surface area contributed by atoms with Gasteiger partial charge in [-0.25, -0.2) is 13.2 Å². The maximum Gasteiger partial charge on any atom is 0.194 e. The van der Waals surface area contributed by atoms with Gasteiger partial charge in [-0.05, 0) is 50.3 Å². The third-order valence-electron chi connectivity index (χ3n) is 5.77. The van der Waals surface area contributed by atoms with Crippen molar-refractivity contribution in [3.05, 3.63) is 35.1 Å². The van der Waals surface area contributed by atoms with E-state index in [9.17, 15) is 13.2 Å². The molecule has 1 aromatic carbocycles. The van der Waals surface area contributed by atoms with Gasteiger partial charge < -0.3 is 9.47 Å². The van der Waals surface area contributed by atoms with Crippen LogP contribution in [0, 0.1) is 23.4 Å². The second-order valence-corrected chi connectivity index (χ2v) is 7.80. The first-order valence-corrected chi connectivity index (χ1v) is 10.6. The fourth-order valence-corrected chi connectivity index (χ4v) is 3.73. The van der Waals surface area contributed by atoms with Crippen molar-refractivity contribution >= 4 is 0 Å². The molecule has 0 aromatic heterocycles. The van der Waals surface area contributed by atoms with Crippen molar-refractivity contribution in [2.45, 2.75) is 90.3 Å². The molecule has 0 radical (unpaired) electrons. The highest BCUT2D eigenvalue weighted by Crippen LogP contribution is 2.32. The smallest absolute Gasteiger partial charge is 0.194 e. The van der Waals surface area contributed by atoms with Gasteiger partial charge in [0.15, 0.2) is 23.2 Å². The third kappa shape index (κ3) is 8.12. The molecule has 0 spiro atoms. The van der Waals surface area contributed by atoms with Gasteiger partial charge in [0.2, 0.25) is 0 Å². The van der Waals surface area contributed by atoms with Gasteiger partial charge in [0.05, 0.1) is 0 Å². The van der Waals surface area contributed by atoms with Crippen LogP contribution in [-0.4, -0.2) is 20.0 Å². The maximum atomic E-state index is 13.3. The molecule has 0 aliphatic rings. The van der Waals surface area contributed by atoms with Gasteiger partial charge in [-0.3, -0.25) is 0 Å². The SMILES string of the molecule is CCCCCCCCC(CCCCc1cc(F)c(F)c(F)c1)C(C)(OC)OC. The zero-order chi connectivity index (χ0) is 21.0. The Bertz CT molecular complexity index is 536. The highest BCUT2D eigenvalue weighted by molar-refractivity contribution is 5.19. The summed E-state index contributed by atoms with van der Waals surface area (Å²) in [6.07, 6.45) is 11.6. The molecule has 1 aromatic rings. The lowest BCUT2D eigenvalue weighted by atomic mass is 9.87. The Morgan fingerprint density at radius 3 is 1.86 bits per heavy atom. The number of hydrogen-bond donors (Lipinski definition) is 0. The molecule has 1 unspecified atom stereocenters. The standard InChI is InChI=1S/C23H37F3O2/c1-5-6-7-8-9-10-14-19(23(2,27-3)28-4)15-12-11-13-18-16-20(24)22(26)21(25)17-18/h16-17,19H,5-15H2,1-4H3. The van der Waals surface area contributed by atoms with E-state index in [2.05, 4.69) is 6.92 Å². The maximum absolute atomic E-state index is 13.3. The number of ether oxygens (including phenoxy) is 2. The number of unbranched alkanes of at least 4 members (excludes halogenated alkanes) is 6. The molecule has 0 heterocycles. The first-order valence-electron chi connectivity index (χ1n) is 10.6. The number of aryl methyl sites for hydroxylation is 1. The van der Waals surface area contributed by atoms with Crippen molar-refractivity contribution in [2.24, 2.45) is 5.92 Å². The Balaban J connectivity index is 2.50. The molecular formula is C23H37F3O2. The molecule has 2 nitrogen and oxygen atoms in total. The summed E-state index contributed by atoms with van der Waals surface area (Å²) in [7, 11) is 3.34. The number of benzene rings is 1.